The van der Waals surface area contributed by atoms with Crippen LogP contribution in [0, 0.1) is 0 Å². The fourth-order valence-electron chi connectivity index (χ4n) is 9.13. The highest BCUT2D eigenvalue weighted by atomic mass is 32.1. The topological polar surface area (TPSA) is 9.86 Å². The SMILES string of the molecule is c1ccc(-c2cccc(-n3c4ccc(-c5ccc6c(c5)c5ccccc5n6-c5ccc6c(c5)sc5ccccc56)cc4c4c(-c5ccccc5)cccc43)c2)cc1. The fraction of sp³-hybridized carbons (Fsp3) is 0. The summed E-state index contributed by atoms with van der Waals surface area (Å²) in [5.41, 5.74) is 14.4. The van der Waals surface area contributed by atoms with Crippen LogP contribution in [0.5, 0.6) is 0 Å². The third kappa shape index (κ3) is 5.03. The van der Waals surface area contributed by atoms with Gasteiger partial charge in [-0.3, -0.25) is 0 Å². The quantitative estimate of drug-likeness (QED) is 0.166. The molecule has 12 rings (SSSR count). The third-order valence-electron chi connectivity index (χ3n) is 11.7. The second-order valence-corrected chi connectivity index (χ2v) is 16.0. The zero-order valence-corrected chi connectivity index (χ0v) is 31.7. The summed E-state index contributed by atoms with van der Waals surface area (Å²) < 4.78 is 7.51. The largest absolute Gasteiger partial charge is 0.309 e. The minimum atomic E-state index is 1.15. The summed E-state index contributed by atoms with van der Waals surface area (Å²) in [6.07, 6.45) is 0. The Kier molecular flexibility index (Phi) is 7.13. The van der Waals surface area contributed by atoms with E-state index in [1.165, 1.54) is 103 Å². The van der Waals surface area contributed by atoms with E-state index in [2.05, 4.69) is 215 Å². The molecule has 0 radical (unpaired) electrons. The van der Waals surface area contributed by atoms with Crippen LogP contribution in [0.15, 0.2) is 206 Å². The molecule has 2 nitrogen and oxygen atoms in total. The first kappa shape index (κ1) is 32.1. The predicted octanol–water partition coefficient (Wildman–Crippen LogP) is 15.2. The Balaban J connectivity index is 1.06. The van der Waals surface area contributed by atoms with Crippen LogP contribution < -0.4 is 0 Å². The number of para-hydroxylation sites is 1. The first-order chi connectivity index (χ1) is 28.3. The number of hydrogen-bond donors (Lipinski definition) is 0. The Morgan fingerprint density at radius 3 is 1.67 bits per heavy atom. The number of benzene rings is 9. The van der Waals surface area contributed by atoms with Crippen molar-refractivity contribution in [2.45, 2.75) is 0 Å². The normalized spacial score (nSPS) is 11.9. The van der Waals surface area contributed by atoms with E-state index in [9.17, 15) is 0 Å². The molecule has 3 heteroatoms. The summed E-state index contributed by atoms with van der Waals surface area (Å²) in [7, 11) is 0. The van der Waals surface area contributed by atoms with Gasteiger partial charge < -0.3 is 9.13 Å². The van der Waals surface area contributed by atoms with Gasteiger partial charge in [0.05, 0.1) is 22.1 Å². The molecule has 0 aliphatic heterocycles. The zero-order valence-electron chi connectivity index (χ0n) is 30.9. The van der Waals surface area contributed by atoms with Gasteiger partial charge in [-0.25, -0.2) is 0 Å². The van der Waals surface area contributed by atoms with E-state index in [4.69, 9.17) is 0 Å². The standard InChI is InChI=1S/C54H34N2S/c1-3-13-35(14-4-1)37-17-11-18-40(31-37)56-50-30-26-39(33-47(50)54-42(21-12-23-51(54)56)36-15-5-2-6-16-36)38-25-29-49-46(32-38)43-19-7-9-22-48(43)55(49)41-27-28-45-44-20-8-10-24-52(44)57-53(45)34-41/h1-34H. The minimum absolute atomic E-state index is 1.15. The van der Waals surface area contributed by atoms with Crippen LogP contribution in [0.3, 0.4) is 0 Å². The van der Waals surface area contributed by atoms with Gasteiger partial charge in [-0.1, -0.05) is 140 Å². The zero-order chi connectivity index (χ0) is 37.5. The summed E-state index contributed by atoms with van der Waals surface area (Å²) in [4.78, 5) is 0. The molecule has 57 heavy (non-hydrogen) atoms. The third-order valence-corrected chi connectivity index (χ3v) is 12.8. The van der Waals surface area contributed by atoms with Crippen molar-refractivity contribution < 1.29 is 0 Å². The molecule has 3 aromatic heterocycles. The number of nitrogens with zero attached hydrogens (tertiary/aromatic N) is 2. The molecule has 0 spiro atoms. The average molecular weight is 743 g/mol. The first-order valence-corrected chi connectivity index (χ1v) is 20.3. The lowest BCUT2D eigenvalue weighted by Crippen LogP contribution is -1.94. The van der Waals surface area contributed by atoms with Crippen LogP contribution in [0.25, 0.3) is 109 Å². The highest BCUT2D eigenvalue weighted by Gasteiger charge is 2.19. The molecule has 0 bridgehead atoms. The van der Waals surface area contributed by atoms with Crippen LogP contribution in [-0.2, 0) is 0 Å². The van der Waals surface area contributed by atoms with Crippen LogP contribution in [0.1, 0.15) is 0 Å². The van der Waals surface area contributed by atoms with E-state index in [0.717, 1.165) is 5.69 Å². The van der Waals surface area contributed by atoms with E-state index in [-0.39, 0.29) is 0 Å². The van der Waals surface area contributed by atoms with Crippen molar-refractivity contribution in [1.29, 1.82) is 0 Å². The second kappa shape index (κ2) is 12.7. The van der Waals surface area contributed by atoms with Crippen LogP contribution >= 0.6 is 11.3 Å². The number of thiophene rings is 1. The second-order valence-electron chi connectivity index (χ2n) is 14.9. The van der Waals surface area contributed by atoms with Gasteiger partial charge >= 0.3 is 0 Å². The maximum atomic E-state index is 2.44. The highest BCUT2D eigenvalue weighted by molar-refractivity contribution is 7.25. The van der Waals surface area contributed by atoms with Crippen molar-refractivity contribution in [1.82, 2.24) is 9.13 Å². The number of aromatic nitrogens is 2. The Hall–Kier alpha value is -7.20. The van der Waals surface area contributed by atoms with Crippen molar-refractivity contribution in [3.05, 3.63) is 206 Å². The molecule has 0 unspecified atom stereocenters. The highest BCUT2D eigenvalue weighted by Crippen LogP contribution is 2.42. The summed E-state index contributed by atoms with van der Waals surface area (Å²) in [5, 5.41) is 7.66. The van der Waals surface area contributed by atoms with E-state index in [0.29, 0.717) is 0 Å². The van der Waals surface area contributed by atoms with Gasteiger partial charge in [0, 0.05) is 53.1 Å². The van der Waals surface area contributed by atoms with E-state index in [1.54, 1.807) is 0 Å². The summed E-state index contributed by atoms with van der Waals surface area (Å²) >= 11 is 1.87. The molecule has 0 fully saturated rings. The van der Waals surface area contributed by atoms with Crippen molar-refractivity contribution in [3.8, 4) is 44.8 Å². The molecular formula is C54H34N2S. The molecule has 12 aromatic rings. The Bertz CT molecular complexity index is 3510. The molecule has 0 saturated carbocycles. The lowest BCUT2D eigenvalue weighted by atomic mass is 9.97. The van der Waals surface area contributed by atoms with Crippen LogP contribution in [0.4, 0.5) is 0 Å². The van der Waals surface area contributed by atoms with Gasteiger partial charge in [0.2, 0.25) is 0 Å². The van der Waals surface area contributed by atoms with Gasteiger partial charge in [0.25, 0.3) is 0 Å². The van der Waals surface area contributed by atoms with E-state index < -0.39 is 0 Å². The van der Waals surface area contributed by atoms with E-state index in [1.807, 2.05) is 11.3 Å². The van der Waals surface area contributed by atoms with Gasteiger partial charge in [0.1, 0.15) is 0 Å². The van der Waals surface area contributed by atoms with Crippen molar-refractivity contribution >= 4 is 75.1 Å². The average Bonchev–Trinajstić information content (AvgIpc) is 3.94. The summed E-state index contributed by atoms with van der Waals surface area (Å²) in [5.74, 6) is 0. The van der Waals surface area contributed by atoms with Gasteiger partial charge in [-0.2, -0.15) is 0 Å². The van der Waals surface area contributed by atoms with Crippen molar-refractivity contribution in [2.24, 2.45) is 0 Å². The monoisotopic (exact) mass is 742 g/mol. The smallest absolute Gasteiger partial charge is 0.0547 e. The Labute approximate surface area is 333 Å². The summed E-state index contributed by atoms with van der Waals surface area (Å²) in [6.45, 7) is 0. The number of hydrogen-bond acceptors (Lipinski definition) is 1. The lowest BCUT2D eigenvalue weighted by molar-refractivity contribution is 1.18. The van der Waals surface area contributed by atoms with Gasteiger partial charge in [0.15, 0.2) is 0 Å². The molecular weight excluding hydrogens is 709 g/mol. The summed E-state index contributed by atoms with van der Waals surface area (Å²) in [6, 6.07) is 75.7. The minimum Gasteiger partial charge on any atom is -0.309 e. The number of rotatable bonds is 5. The molecule has 3 heterocycles. The molecule has 0 aliphatic rings. The lowest BCUT2D eigenvalue weighted by Gasteiger charge is -2.11. The van der Waals surface area contributed by atoms with Gasteiger partial charge in [-0.15, -0.1) is 11.3 Å². The van der Waals surface area contributed by atoms with Gasteiger partial charge in [-0.05, 0) is 100 Å². The van der Waals surface area contributed by atoms with Crippen LogP contribution in [-0.4, -0.2) is 9.13 Å². The maximum Gasteiger partial charge on any atom is 0.0547 e. The molecule has 9 aromatic carbocycles. The molecule has 0 N–H and O–H groups in total. The maximum absolute atomic E-state index is 2.44. The van der Waals surface area contributed by atoms with Crippen LogP contribution in [0.2, 0.25) is 0 Å². The number of fused-ring (bicyclic) bond motifs is 9. The van der Waals surface area contributed by atoms with Crippen molar-refractivity contribution in [2.75, 3.05) is 0 Å². The fourth-order valence-corrected chi connectivity index (χ4v) is 10.3. The first-order valence-electron chi connectivity index (χ1n) is 19.5. The van der Waals surface area contributed by atoms with Crippen molar-refractivity contribution in [3.63, 3.8) is 0 Å². The molecule has 0 aliphatic carbocycles. The van der Waals surface area contributed by atoms with E-state index >= 15 is 0 Å². The molecule has 0 saturated heterocycles. The Morgan fingerprint density at radius 1 is 0.281 bits per heavy atom. The molecule has 0 atom stereocenters. The molecule has 266 valence electrons. The Morgan fingerprint density at radius 2 is 0.842 bits per heavy atom. The molecule has 0 amide bonds. The predicted molar refractivity (Wildman–Crippen MR) is 244 cm³/mol.